The van der Waals surface area contributed by atoms with Gasteiger partial charge in [0.25, 0.3) is 0 Å². The van der Waals surface area contributed by atoms with Crippen LogP contribution in [0.3, 0.4) is 0 Å². The number of nitrogens with one attached hydrogen (secondary N) is 2. The molecule has 0 saturated carbocycles. The van der Waals surface area contributed by atoms with Gasteiger partial charge in [-0.2, -0.15) is 0 Å². The summed E-state index contributed by atoms with van der Waals surface area (Å²) in [6.07, 6.45) is -0.0325. The van der Waals surface area contributed by atoms with Gasteiger partial charge >= 0.3 is 6.03 Å². The maximum absolute atomic E-state index is 12.5. The van der Waals surface area contributed by atoms with Gasteiger partial charge in [-0.05, 0) is 23.8 Å². The Labute approximate surface area is 189 Å². The molecule has 3 aromatic carbocycles. The fraction of sp³-hybridized carbons (Fsp3) is 0.269. The number of rotatable bonds is 8. The summed E-state index contributed by atoms with van der Waals surface area (Å²) in [6.45, 7) is 4.08. The van der Waals surface area contributed by atoms with E-state index in [0.29, 0.717) is 19.8 Å². The summed E-state index contributed by atoms with van der Waals surface area (Å²) >= 11 is 0. The van der Waals surface area contributed by atoms with Crippen molar-refractivity contribution in [1.29, 1.82) is 0 Å². The SMILES string of the molecule is O=C(NCC1CN(Cc2ccccc2)CCO1)Nc1ccccc1COc1ccccc1. The van der Waals surface area contributed by atoms with Gasteiger partial charge in [0.15, 0.2) is 0 Å². The van der Waals surface area contributed by atoms with Crippen molar-refractivity contribution in [3.63, 3.8) is 0 Å². The van der Waals surface area contributed by atoms with Crippen LogP contribution in [0.25, 0.3) is 0 Å². The van der Waals surface area contributed by atoms with Crippen molar-refractivity contribution in [2.75, 3.05) is 31.6 Å². The Bertz CT molecular complexity index is 982. The summed E-state index contributed by atoms with van der Waals surface area (Å²) in [7, 11) is 0. The van der Waals surface area contributed by atoms with Crippen molar-refractivity contribution < 1.29 is 14.3 Å². The van der Waals surface area contributed by atoms with Crippen LogP contribution in [-0.4, -0.2) is 43.3 Å². The normalized spacial score (nSPS) is 16.3. The topological polar surface area (TPSA) is 62.8 Å². The molecule has 166 valence electrons. The molecule has 0 spiro atoms. The number of benzene rings is 3. The number of amides is 2. The summed E-state index contributed by atoms with van der Waals surface area (Å²) < 4.78 is 11.7. The number of hydrogen-bond donors (Lipinski definition) is 2. The zero-order valence-corrected chi connectivity index (χ0v) is 18.1. The summed E-state index contributed by atoms with van der Waals surface area (Å²) in [5.41, 5.74) is 2.93. The average molecular weight is 432 g/mol. The second kappa shape index (κ2) is 11.3. The molecule has 1 aliphatic heterocycles. The van der Waals surface area contributed by atoms with Crippen LogP contribution in [-0.2, 0) is 17.9 Å². The quantitative estimate of drug-likeness (QED) is 0.559. The third-order valence-electron chi connectivity index (χ3n) is 5.37. The molecule has 0 bridgehead atoms. The number of para-hydroxylation sites is 2. The highest BCUT2D eigenvalue weighted by Crippen LogP contribution is 2.18. The van der Waals surface area contributed by atoms with Gasteiger partial charge in [-0.1, -0.05) is 66.7 Å². The Kier molecular flexibility index (Phi) is 7.74. The lowest BCUT2D eigenvalue weighted by atomic mass is 10.2. The molecule has 1 unspecified atom stereocenters. The molecule has 32 heavy (non-hydrogen) atoms. The van der Waals surface area contributed by atoms with Gasteiger partial charge in [0.1, 0.15) is 12.4 Å². The molecular weight excluding hydrogens is 402 g/mol. The lowest BCUT2D eigenvalue weighted by molar-refractivity contribution is -0.0285. The molecule has 0 aliphatic carbocycles. The number of morpholine rings is 1. The Morgan fingerprint density at radius 2 is 1.69 bits per heavy atom. The van der Waals surface area contributed by atoms with E-state index >= 15 is 0 Å². The van der Waals surface area contributed by atoms with Crippen molar-refractivity contribution in [3.05, 3.63) is 96.1 Å². The number of anilines is 1. The van der Waals surface area contributed by atoms with Crippen molar-refractivity contribution >= 4 is 11.7 Å². The van der Waals surface area contributed by atoms with E-state index in [2.05, 4.69) is 39.8 Å². The first kappa shape index (κ1) is 21.9. The van der Waals surface area contributed by atoms with E-state index in [1.165, 1.54) is 5.56 Å². The Balaban J connectivity index is 1.25. The monoisotopic (exact) mass is 431 g/mol. The highest BCUT2D eigenvalue weighted by molar-refractivity contribution is 5.90. The lowest BCUT2D eigenvalue weighted by Gasteiger charge is -2.33. The van der Waals surface area contributed by atoms with Gasteiger partial charge < -0.3 is 20.1 Å². The van der Waals surface area contributed by atoms with E-state index in [-0.39, 0.29) is 12.1 Å². The molecular formula is C26H29N3O3. The fourth-order valence-electron chi connectivity index (χ4n) is 3.71. The van der Waals surface area contributed by atoms with Crippen LogP contribution in [0.2, 0.25) is 0 Å². The summed E-state index contributed by atoms with van der Waals surface area (Å²) in [5.74, 6) is 0.793. The maximum Gasteiger partial charge on any atom is 0.319 e. The lowest BCUT2D eigenvalue weighted by Crippen LogP contribution is -2.47. The van der Waals surface area contributed by atoms with E-state index in [9.17, 15) is 4.79 Å². The largest absolute Gasteiger partial charge is 0.489 e. The van der Waals surface area contributed by atoms with Gasteiger partial charge in [-0.15, -0.1) is 0 Å². The Morgan fingerprint density at radius 3 is 2.50 bits per heavy atom. The maximum atomic E-state index is 12.5. The van der Waals surface area contributed by atoms with Gasteiger partial charge in [0.2, 0.25) is 0 Å². The van der Waals surface area contributed by atoms with Crippen molar-refractivity contribution in [1.82, 2.24) is 10.2 Å². The second-order valence-electron chi connectivity index (χ2n) is 7.81. The molecule has 1 atom stereocenters. The predicted molar refractivity (Wildman–Crippen MR) is 126 cm³/mol. The van der Waals surface area contributed by atoms with E-state index in [1.54, 1.807) is 0 Å². The molecule has 1 fully saturated rings. The van der Waals surface area contributed by atoms with Gasteiger partial charge in [0, 0.05) is 37.4 Å². The molecule has 3 aromatic rings. The van der Waals surface area contributed by atoms with Gasteiger partial charge in [-0.25, -0.2) is 4.79 Å². The Hall–Kier alpha value is -3.35. The summed E-state index contributed by atoms with van der Waals surface area (Å²) in [4.78, 5) is 14.9. The minimum atomic E-state index is -0.249. The standard InChI is InChI=1S/C26H29N3O3/c30-26(27-17-24-19-29(15-16-31-24)18-21-9-3-1-4-10-21)28-25-14-8-7-11-22(25)20-32-23-12-5-2-6-13-23/h1-14,24H,15-20H2,(H2,27,28,30). The highest BCUT2D eigenvalue weighted by atomic mass is 16.5. The average Bonchev–Trinajstić information content (AvgIpc) is 2.84. The summed E-state index contributed by atoms with van der Waals surface area (Å²) in [6, 6.07) is 27.5. The van der Waals surface area contributed by atoms with Crippen molar-refractivity contribution in [2.45, 2.75) is 19.3 Å². The van der Waals surface area contributed by atoms with Crippen molar-refractivity contribution in [2.24, 2.45) is 0 Å². The highest BCUT2D eigenvalue weighted by Gasteiger charge is 2.21. The number of carbonyl (C=O) groups is 1. The number of nitrogens with zero attached hydrogens (tertiary/aromatic N) is 1. The molecule has 1 heterocycles. The molecule has 6 nitrogen and oxygen atoms in total. The molecule has 1 aliphatic rings. The van der Waals surface area contributed by atoms with Crippen LogP contribution in [0, 0.1) is 0 Å². The van der Waals surface area contributed by atoms with Crippen LogP contribution >= 0.6 is 0 Å². The molecule has 2 N–H and O–H groups in total. The van der Waals surface area contributed by atoms with E-state index in [0.717, 1.165) is 36.6 Å². The van der Waals surface area contributed by atoms with Crippen LogP contribution < -0.4 is 15.4 Å². The number of urea groups is 1. The summed E-state index contributed by atoms with van der Waals surface area (Å²) in [5, 5.41) is 5.88. The zero-order valence-electron chi connectivity index (χ0n) is 18.1. The first-order chi connectivity index (χ1) is 15.8. The minimum absolute atomic E-state index is 0.0325. The third-order valence-corrected chi connectivity index (χ3v) is 5.37. The fourth-order valence-corrected chi connectivity index (χ4v) is 3.71. The van der Waals surface area contributed by atoms with E-state index < -0.39 is 0 Å². The van der Waals surface area contributed by atoms with Gasteiger partial charge in [-0.3, -0.25) is 4.90 Å². The van der Waals surface area contributed by atoms with E-state index in [4.69, 9.17) is 9.47 Å². The molecule has 0 radical (unpaired) electrons. The van der Waals surface area contributed by atoms with Crippen molar-refractivity contribution in [3.8, 4) is 5.75 Å². The van der Waals surface area contributed by atoms with Crippen LogP contribution in [0.1, 0.15) is 11.1 Å². The molecule has 6 heteroatoms. The molecule has 1 saturated heterocycles. The first-order valence-electron chi connectivity index (χ1n) is 10.9. The third kappa shape index (κ3) is 6.57. The second-order valence-corrected chi connectivity index (χ2v) is 7.81. The zero-order chi connectivity index (χ0) is 22.0. The van der Waals surface area contributed by atoms with Crippen LogP contribution in [0.4, 0.5) is 10.5 Å². The number of ether oxygens (including phenoxy) is 2. The first-order valence-corrected chi connectivity index (χ1v) is 10.9. The predicted octanol–water partition coefficient (Wildman–Crippen LogP) is 4.29. The minimum Gasteiger partial charge on any atom is -0.489 e. The van der Waals surface area contributed by atoms with Gasteiger partial charge in [0.05, 0.1) is 12.7 Å². The number of carbonyl (C=O) groups excluding carboxylic acids is 1. The van der Waals surface area contributed by atoms with Crippen LogP contribution in [0.5, 0.6) is 5.75 Å². The number of hydrogen-bond acceptors (Lipinski definition) is 4. The van der Waals surface area contributed by atoms with Crippen LogP contribution in [0.15, 0.2) is 84.9 Å². The van der Waals surface area contributed by atoms with E-state index in [1.807, 2.05) is 60.7 Å². The Morgan fingerprint density at radius 1 is 0.969 bits per heavy atom. The molecule has 0 aromatic heterocycles. The molecule has 4 rings (SSSR count). The molecule has 2 amide bonds. The smallest absolute Gasteiger partial charge is 0.319 e.